The van der Waals surface area contributed by atoms with Gasteiger partial charge in [-0.3, -0.25) is 0 Å². The van der Waals surface area contributed by atoms with Gasteiger partial charge in [0.05, 0.1) is 6.61 Å². The van der Waals surface area contributed by atoms with Gasteiger partial charge in [0.15, 0.2) is 0 Å². The van der Waals surface area contributed by atoms with Gasteiger partial charge in [0.2, 0.25) is 0 Å². The maximum Gasteiger partial charge on any atom is 0.314 e. The summed E-state index contributed by atoms with van der Waals surface area (Å²) in [6.07, 6.45) is 0.582. The summed E-state index contributed by atoms with van der Waals surface area (Å²) in [5.41, 5.74) is 0. The molecular weight excluding hydrogens is 172 g/mol. The molecule has 0 aromatic carbocycles. The Labute approximate surface area is 78.5 Å². The van der Waals surface area contributed by atoms with Gasteiger partial charge in [-0.25, -0.2) is 4.79 Å². The van der Waals surface area contributed by atoms with Gasteiger partial charge in [0, 0.05) is 26.3 Å². The highest BCUT2D eigenvalue weighted by Gasteiger charge is 1.96. The number of aliphatic hydroxyl groups is 1. The topological polar surface area (TPSA) is 70.6 Å². The third-order valence-corrected chi connectivity index (χ3v) is 1.36. The largest absolute Gasteiger partial charge is 0.396 e. The van der Waals surface area contributed by atoms with E-state index in [1.807, 2.05) is 6.92 Å². The lowest BCUT2D eigenvalue weighted by Crippen LogP contribution is -2.37. The van der Waals surface area contributed by atoms with Crippen LogP contribution in [0.5, 0.6) is 0 Å². The molecule has 0 aliphatic carbocycles. The number of rotatable bonds is 7. The maximum atomic E-state index is 10.9. The highest BCUT2D eigenvalue weighted by Crippen LogP contribution is 1.74. The van der Waals surface area contributed by atoms with E-state index >= 15 is 0 Å². The number of ether oxygens (including phenoxy) is 1. The van der Waals surface area contributed by atoms with Crippen LogP contribution in [-0.2, 0) is 4.74 Å². The van der Waals surface area contributed by atoms with Crippen molar-refractivity contribution >= 4 is 6.03 Å². The van der Waals surface area contributed by atoms with Crippen LogP contribution in [0.3, 0.4) is 0 Å². The summed E-state index contributed by atoms with van der Waals surface area (Å²) < 4.78 is 5.03. The molecule has 0 spiro atoms. The van der Waals surface area contributed by atoms with Crippen LogP contribution < -0.4 is 10.6 Å². The van der Waals surface area contributed by atoms with Crippen molar-refractivity contribution in [3.63, 3.8) is 0 Å². The summed E-state index contributed by atoms with van der Waals surface area (Å²) in [7, 11) is 0. The highest BCUT2D eigenvalue weighted by molar-refractivity contribution is 5.73. The van der Waals surface area contributed by atoms with Gasteiger partial charge in [-0.05, 0) is 13.3 Å². The van der Waals surface area contributed by atoms with E-state index in [2.05, 4.69) is 10.6 Å². The summed E-state index contributed by atoms with van der Waals surface area (Å²) in [4.78, 5) is 10.9. The van der Waals surface area contributed by atoms with Crippen LogP contribution in [0.15, 0.2) is 0 Å². The predicted octanol–water partition coefficient (Wildman–Crippen LogP) is -0.295. The van der Waals surface area contributed by atoms with Crippen LogP contribution in [0.1, 0.15) is 13.3 Å². The van der Waals surface area contributed by atoms with Crippen molar-refractivity contribution in [1.29, 1.82) is 0 Å². The fourth-order valence-electron chi connectivity index (χ4n) is 0.725. The van der Waals surface area contributed by atoms with Gasteiger partial charge >= 0.3 is 6.03 Å². The summed E-state index contributed by atoms with van der Waals surface area (Å²) in [5, 5.41) is 13.6. The molecule has 0 heterocycles. The van der Waals surface area contributed by atoms with Crippen LogP contribution in [0.4, 0.5) is 4.79 Å². The molecule has 0 aliphatic heterocycles. The zero-order valence-electron chi connectivity index (χ0n) is 8.01. The predicted molar refractivity (Wildman–Crippen MR) is 49.6 cm³/mol. The second-order valence-electron chi connectivity index (χ2n) is 2.46. The summed E-state index contributed by atoms with van der Waals surface area (Å²) in [6.45, 7) is 4.20. The van der Waals surface area contributed by atoms with Crippen LogP contribution >= 0.6 is 0 Å². The number of carbonyl (C=O) groups excluding carboxylic acids is 1. The molecule has 3 N–H and O–H groups in total. The lowest BCUT2D eigenvalue weighted by atomic mass is 10.4. The Bertz CT molecular complexity index is 131. The van der Waals surface area contributed by atoms with E-state index < -0.39 is 0 Å². The fraction of sp³-hybridized carbons (Fsp3) is 0.875. The third kappa shape index (κ3) is 9.10. The SMILES string of the molecule is CCOCCNC(=O)NCCCO. The molecular formula is C8H18N2O3. The molecule has 0 bridgehead atoms. The van der Waals surface area contributed by atoms with Crippen LogP contribution in [-0.4, -0.2) is 44.0 Å². The molecule has 0 aliphatic rings. The van der Waals surface area contributed by atoms with E-state index in [4.69, 9.17) is 9.84 Å². The molecule has 5 heteroatoms. The van der Waals surface area contributed by atoms with Crippen molar-refractivity contribution in [1.82, 2.24) is 10.6 Å². The van der Waals surface area contributed by atoms with E-state index in [0.717, 1.165) is 0 Å². The summed E-state index contributed by atoms with van der Waals surface area (Å²) >= 11 is 0. The monoisotopic (exact) mass is 190 g/mol. The molecule has 0 aromatic rings. The first kappa shape index (κ1) is 12.2. The van der Waals surface area contributed by atoms with Crippen LogP contribution in [0, 0.1) is 0 Å². The van der Waals surface area contributed by atoms with Gasteiger partial charge < -0.3 is 20.5 Å². The lowest BCUT2D eigenvalue weighted by molar-refractivity contribution is 0.149. The van der Waals surface area contributed by atoms with E-state index in [9.17, 15) is 4.79 Å². The first-order valence-electron chi connectivity index (χ1n) is 4.51. The van der Waals surface area contributed by atoms with Crippen molar-refractivity contribution in [3.8, 4) is 0 Å². The number of carbonyl (C=O) groups is 1. The number of aliphatic hydroxyl groups excluding tert-OH is 1. The van der Waals surface area contributed by atoms with E-state index in [1.54, 1.807) is 0 Å². The zero-order chi connectivity index (χ0) is 9.94. The minimum atomic E-state index is -0.215. The fourth-order valence-corrected chi connectivity index (χ4v) is 0.725. The average molecular weight is 190 g/mol. The molecule has 0 rings (SSSR count). The molecule has 0 atom stereocenters. The molecule has 0 unspecified atom stereocenters. The molecule has 0 fully saturated rings. The zero-order valence-corrected chi connectivity index (χ0v) is 8.01. The highest BCUT2D eigenvalue weighted by atomic mass is 16.5. The quantitative estimate of drug-likeness (QED) is 0.483. The summed E-state index contributed by atoms with van der Waals surface area (Å²) in [6, 6.07) is -0.215. The maximum absolute atomic E-state index is 10.9. The summed E-state index contributed by atoms with van der Waals surface area (Å²) in [5.74, 6) is 0. The minimum Gasteiger partial charge on any atom is -0.396 e. The van der Waals surface area contributed by atoms with Crippen molar-refractivity contribution in [2.75, 3.05) is 32.9 Å². The number of hydrogen-bond donors (Lipinski definition) is 3. The van der Waals surface area contributed by atoms with Crippen LogP contribution in [0.2, 0.25) is 0 Å². The minimum absolute atomic E-state index is 0.0965. The van der Waals surface area contributed by atoms with Crippen molar-refractivity contribution in [3.05, 3.63) is 0 Å². The van der Waals surface area contributed by atoms with Gasteiger partial charge in [0.25, 0.3) is 0 Å². The molecule has 5 nitrogen and oxygen atoms in total. The molecule has 0 saturated carbocycles. The van der Waals surface area contributed by atoms with Crippen molar-refractivity contribution in [2.24, 2.45) is 0 Å². The second kappa shape index (κ2) is 9.28. The average Bonchev–Trinajstić information content (AvgIpc) is 2.13. The van der Waals surface area contributed by atoms with Gasteiger partial charge in [-0.1, -0.05) is 0 Å². The Balaban J connectivity index is 3.11. The lowest BCUT2D eigenvalue weighted by Gasteiger charge is -2.06. The number of nitrogens with one attached hydrogen (secondary N) is 2. The van der Waals surface area contributed by atoms with Crippen molar-refractivity contribution < 1.29 is 14.6 Å². The van der Waals surface area contributed by atoms with Gasteiger partial charge in [0.1, 0.15) is 0 Å². The molecule has 2 amide bonds. The van der Waals surface area contributed by atoms with E-state index in [0.29, 0.717) is 32.7 Å². The molecule has 0 saturated heterocycles. The number of amides is 2. The first-order chi connectivity index (χ1) is 6.31. The number of urea groups is 1. The molecule has 78 valence electrons. The van der Waals surface area contributed by atoms with Gasteiger partial charge in [-0.2, -0.15) is 0 Å². The van der Waals surface area contributed by atoms with E-state index in [-0.39, 0.29) is 12.6 Å². The molecule has 13 heavy (non-hydrogen) atoms. The Morgan fingerprint density at radius 3 is 2.69 bits per heavy atom. The Morgan fingerprint density at radius 1 is 1.38 bits per heavy atom. The Kier molecular flexibility index (Phi) is 8.70. The Morgan fingerprint density at radius 2 is 2.08 bits per heavy atom. The molecule has 0 radical (unpaired) electrons. The normalized spacial score (nSPS) is 9.69. The standard InChI is InChI=1S/C8H18N2O3/c1-2-13-7-5-10-8(12)9-4-3-6-11/h11H,2-7H2,1H3,(H2,9,10,12). The van der Waals surface area contributed by atoms with Crippen LogP contribution in [0.25, 0.3) is 0 Å². The molecule has 0 aromatic heterocycles. The van der Waals surface area contributed by atoms with Crippen molar-refractivity contribution in [2.45, 2.75) is 13.3 Å². The Hall–Kier alpha value is -0.810. The first-order valence-corrected chi connectivity index (χ1v) is 4.51. The third-order valence-electron chi connectivity index (χ3n) is 1.36. The second-order valence-corrected chi connectivity index (χ2v) is 2.46. The number of hydrogen-bond acceptors (Lipinski definition) is 3. The van der Waals surface area contributed by atoms with Gasteiger partial charge in [-0.15, -0.1) is 0 Å². The smallest absolute Gasteiger partial charge is 0.314 e. The van der Waals surface area contributed by atoms with E-state index in [1.165, 1.54) is 0 Å².